The summed E-state index contributed by atoms with van der Waals surface area (Å²) in [6.45, 7) is 5.85. The molecule has 0 radical (unpaired) electrons. The van der Waals surface area contributed by atoms with E-state index in [1.165, 1.54) is 0 Å². The Bertz CT molecular complexity index is 426. The van der Waals surface area contributed by atoms with Gasteiger partial charge >= 0.3 is 0 Å². The second-order valence-corrected chi connectivity index (χ2v) is 4.77. The largest absolute Gasteiger partial charge is 0.384 e. The molecule has 0 aliphatic rings. The van der Waals surface area contributed by atoms with Crippen molar-refractivity contribution in [3.63, 3.8) is 0 Å². The zero-order valence-corrected chi connectivity index (χ0v) is 12.9. The van der Waals surface area contributed by atoms with E-state index >= 15 is 0 Å². The predicted molar refractivity (Wildman–Crippen MR) is 79.0 cm³/mol. The van der Waals surface area contributed by atoms with Crippen LogP contribution in [0.4, 0.5) is 5.69 Å². The Morgan fingerprint density at radius 3 is 2.58 bits per heavy atom. The van der Waals surface area contributed by atoms with Gasteiger partial charge < -0.3 is 14.8 Å². The topological polar surface area (TPSA) is 54.3 Å². The average Bonchev–Trinajstić information content (AvgIpc) is 2.40. The molecule has 0 aliphatic carbocycles. The van der Waals surface area contributed by atoms with Gasteiger partial charge in [-0.15, -0.1) is 0 Å². The Morgan fingerprint density at radius 1 is 1.32 bits per heavy atom. The van der Waals surface area contributed by atoms with Crippen molar-refractivity contribution in [1.82, 2.24) is 0 Å². The highest BCUT2D eigenvalue weighted by Gasteiger charge is 2.08. The van der Waals surface area contributed by atoms with Crippen LogP contribution < -0.4 is 5.32 Å². The van der Waals surface area contributed by atoms with Gasteiger partial charge in [0.25, 0.3) is 0 Å². The zero-order chi connectivity index (χ0) is 14.1. The van der Waals surface area contributed by atoms with Gasteiger partial charge in [0.05, 0.1) is 11.3 Å². The molecule has 0 unspecified atom stereocenters. The Morgan fingerprint density at radius 2 is 2.00 bits per heavy atom. The van der Waals surface area contributed by atoms with E-state index in [4.69, 9.17) is 14.7 Å². The first-order valence-electron chi connectivity index (χ1n) is 6.38. The van der Waals surface area contributed by atoms with Gasteiger partial charge in [0.1, 0.15) is 6.07 Å². The average molecular weight is 327 g/mol. The van der Waals surface area contributed by atoms with Crippen LogP contribution in [0.15, 0.2) is 22.7 Å². The molecule has 104 valence electrons. The number of nitrogens with one attached hydrogen (secondary N) is 1. The predicted octanol–water partition coefficient (Wildman–Crippen LogP) is 3.52. The second kappa shape index (κ2) is 8.92. The van der Waals surface area contributed by atoms with E-state index < -0.39 is 0 Å². The first-order chi connectivity index (χ1) is 9.21. The zero-order valence-electron chi connectivity index (χ0n) is 11.3. The lowest BCUT2D eigenvalue weighted by molar-refractivity contribution is -0.137. The normalized spacial score (nSPS) is 10.5. The molecule has 0 aliphatic heterocycles. The second-order valence-electron chi connectivity index (χ2n) is 3.86. The Balaban J connectivity index is 2.50. The number of nitrogens with zero attached hydrogens (tertiary/aromatic N) is 1. The van der Waals surface area contributed by atoms with Crippen LogP contribution in [0.3, 0.4) is 0 Å². The number of ether oxygens (including phenoxy) is 2. The first-order valence-corrected chi connectivity index (χ1v) is 7.17. The molecule has 1 N–H and O–H groups in total. The lowest BCUT2D eigenvalue weighted by Gasteiger charge is -2.17. The van der Waals surface area contributed by atoms with Crippen LogP contribution in [0.1, 0.15) is 25.8 Å². The maximum absolute atomic E-state index is 9.06. The molecular formula is C14H19BrN2O2. The summed E-state index contributed by atoms with van der Waals surface area (Å²) < 4.78 is 11.8. The van der Waals surface area contributed by atoms with Gasteiger partial charge in [0.2, 0.25) is 0 Å². The monoisotopic (exact) mass is 326 g/mol. The smallest absolute Gasteiger partial charge is 0.159 e. The van der Waals surface area contributed by atoms with E-state index in [2.05, 4.69) is 27.3 Å². The number of benzene rings is 1. The van der Waals surface area contributed by atoms with E-state index in [0.717, 1.165) is 16.6 Å². The van der Waals surface area contributed by atoms with Gasteiger partial charge in [-0.3, -0.25) is 0 Å². The molecule has 0 amide bonds. The third-order valence-corrected chi connectivity index (χ3v) is 3.00. The lowest BCUT2D eigenvalue weighted by Crippen LogP contribution is -2.21. The Kier molecular flexibility index (Phi) is 7.49. The molecule has 0 spiro atoms. The lowest BCUT2D eigenvalue weighted by atomic mass is 10.2. The maximum Gasteiger partial charge on any atom is 0.159 e. The van der Waals surface area contributed by atoms with Crippen molar-refractivity contribution < 1.29 is 9.47 Å². The van der Waals surface area contributed by atoms with Gasteiger partial charge in [-0.05, 0) is 32.0 Å². The van der Waals surface area contributed by atoms with Crippen LogP contribution in [-0.4, -0.2) is 26.0 Å². The molecular weight excluding hydrogens is 308 g/mol. The molecule has 0 aromatic heterocycles. The van der Waals surface area contributed by atoms with Crippen LogP contribution in [-0.2, 0) is 9.47 Å². The summed E-state index contributed by atoms with van der Waals surface area (Å²) in [5, 5.41) is 12.3. The van der Waals surface area contributed by atoms with Crippen molar-refractivity contribution in [3.8, 4) is 6.07 Å². The molecule has 1 aromatic rings. The molecule has 0 fully saturated rings. The highest BCUT2D eigenvalue weighted by atomic mass is 79.9. The van der Waals surface area contributed by atoms with Gasteiger partial charge in [-0.25, -0.2) is 0 Å². The van der Waals surface area contributed by atoms with E-state index in [9.17, 15) is 0 Å². The summed E-state index contributed by atoms with van der Waals surface area (Å²) in [4.78, 5) is 0. The Labute approximate surface area is 122 Å². The minimum atomic E-state index is -0.191. The van der Waals surface area contributed by atoms with Gasteiger partial charge in [0.15, 0.2) is 6.29 Å². The summed E-state index contributed by atoms with van der Waals surface area (Å²) in [5.74, 6) is 0. The quantitative estimate of drug-likeness (QED) is 0.742. The molecule has 5 heteroatoms. The van der Waals surface area contributed by atoms with Gasteiger partial charge in [0, 0.05) is 30.7 Å². The highest BCUT2D eigenvalue weighted by Crippen LogP contribution is 2.20. The van der Waals surface area contributed by atoms with Crippen molar-refractivity contribution >= 4 is 21.6 Å². The molecule has 1 rings (SSSR count). The molecule has 0 bridgehead atoms. The minimum Gasteiger partial charge on any atom is -0.384 e. The van der Waals surface area contributed by atoms with Crippen molar-refractivity contribution in [3.05, 3.63) is 28.2 Å². The molecule has 0 atom stereocenters. The molecule has 1 aromatic carbocycles. The van der Waals surface area contributed by atoms with Crippen LogP contribution in [0.5, 0.6) is 0 Å². The van der Waals surface area contributed by atoms with E-state index in [0.29, 0.717) is 25.3 Å². The molecule has 4 nitrogen and oxygen atoms in total. The van der Waals surface area contributed by atoms with E-state index in [-0.39, 0.29) is 6.29 Å². The number of anilines is 1. The van der Waals surface area contributed by atoms with E-state index in [1.54, 1.807) is 6.07 Å². The third-order valence-electron chi connectivity index (χ3n) is 2.50. The van der Waals surface area contributed by atoms with Crippen LogP contribution >= 0.6 is 15.9 Å². The number of hydrogen-bond acceptors (Lipinski definition) is 4. The number of nitriles is 1. The highest BCUT2D eigenvalue weighted by molar-refractivity contribution is 9.10. The summed E-state index contributed by atoms with van der Waals surface area (Å²) >= 11 is 3.35. The molecule has 0 saturated carbocycles. The Hall–Kier alpha value is -1.09. The van der Waals surface area contributed by atoms with Crippen molar-refractivity contribution in [2.75, 3.05) is 25.1 Å². The summed E-state index contributed by atoms with van der Waals surface area (Å²) in [5.41, 5.74) is 1.45. The summed E-state index contributed by atoms with van der Waals surface area (Å²) in [7, 11) is 0. The standard InChI is InChI=1S/C14H19BrN2O2/c1-3-18-14(19-4-2)7-8-17-13-6-5-12(15)9-11(13)10-16/h5-6,9,14,17H,3-4,7-8H2,1-2H3. The molecule has 19 heavy (non-hydrogen) atoms. The fraction of sp³-hybridized carbons (Fsp3) is 0.500. The van der Waals surface area contributed by atoms with Crippen molar-refractivity contribution in [2.24, 2.45) is 0 Å². The van der Waals surface area contributed by atoms with Gasteiger partial charge in [-0.1, -0.05) is 15.9 Å². The maximum atomic E-state index is 9.06. The third kappa shape index (κ3) is 5.60. The van der Waals surface area contributed by atoms with Crippen LogP contribution in [0, 0.1) is 11.3 Å². The number of halogens is 1. The van der Waals surface area contributed by atoms with Crippen molar-refractivity contribution in [2.45, 2.75) is 26.6 Å². The van der Waals surface area contributed by atoms with Crippen LogP contribution in [0.25, 0.3) is 0 Å². The van der Waals surface area contributed by atoms with Gasteiger partial charge in [-0.2, -0.15) is 5.26 Å². The number of hydrogen-bond donors (Lipinski definition) is 1. The first kappa shape index (κ1) is 16.0. The number of rotatable bonds is 8. The van der Waals surface area contributed by atoms with Crippen LogP contribution in [0.2, 0.25) is 0 Å². The fourth-order valence-corrected chi connectivity index (χ4v) is 2.04. The fourth-order valence-electron chi connectivity index (χ4n) is 1.67. The SMILES string of the molecule is CCOC(CCNc1ccc(Br)cc1C#N)OCC. The summed E-state index contributed by atoms with van der Waals surface area (Å²) in [6, 6.07) is 7.76. The van der Waals surface area contributed by atoms with Crippen molar-refractivity contribution in [1.29, 1.82) is 5.26 Å². The molecule has 0 heterocycles. The van der Waals surface area contributed by atoms with E-state index in [1.807, 2.05) is 26.0 Å². The minimum absolute atomic E-state index is 0.191. The summed E-state index contributed by atoms with van der Waals surface area (Å²) in [6.07, 6.45) is 0.547. The molecule has 0 saturated heterocycles.